The number of amides is 2. The molecular weight excluding hydrogens is 456 g/mol. The first-order valence-corrected chi connectivity index (χ1v) is 11.3. The van der Waals surface area contributed by atoms with Gasteiger partial charge in [0.15, 0.2) is 4.34 Å². The molecule has 2 amide bonds. The average molecular weight is 471 g/mol. The number of nitrogens with zero attached hydrogens (tertiary/aromatic N) is 7. The van der Waals surface area contributed by atoms with Crippen LogP contribution in [-0.2, 0) is 27.5 Å². The van der Waals surface area contributed by atoms with Crippen LogP contribution in [0.1, 0.15) is 5.01 Å². The summed E-state index contributed by atoms with van der Waals surface area (Å²) in [4.78, 5) is 37.8. The monoisotopic (exact) mass is 470 g/mol. The molecule has 1 fully saturated rings. The molecule has 4 rings (SSSR count). The number of aliphatic carboxylic acids is 1. The van der Waals surface area contributed by atoms with Crippen LogP contribution < -0.4 is 5.32 Å². The van der Waals surface area contributed by atoms with Crippen LogP contribution in [0.2, 0.25) is 0 Å². The molecule has 30 heavy (non-hydrogen) atoms. The number of fused-ring (bicyclic) bond motifs is 1. The molecule has 2 aliphatic heterocycles. The van der Waals surface area contributed by atoms with Crippen molar-refractivity contribution < 1.29 is 24.6 Å². The number of carbonyl (C=O) groups excluding carboxylic acids is 2. The number of aliphatic hydroxyl groups is 1. The van der Waals surface area contributed by atoms with Gasteiger partial charge in [-0.3, -0.25) is 14.5 Å². The maximum atomic E-state index is 12.6. The van der Waals surface area contributed by atoms with E-state index in [1.165, 1.54) is 50.8 Å². The van der Waals surface area contributed by atoms with E-state index in [-0.39, 0.29) is 18.8 Å². The number of carboxylic acids is 1. The second kappa shape index (κ2) is 8.66. The number of β-lactam (4-membered cyclic amide) rings is 1. The Morgan fingerprint density at radius 3 is 2.87 bits per heavy atom. The number of carbonyl (C=O) groups is 3. The molecule has 4 heterocycles. The summed E-state index contributed by atoms with van der Waals surface area (Å²) >= 11 is 3.91. The Morgan fingerprint density at radius 2 is 2.20 bits per heavy atom. The molecule has 0 bridgehead atoms. The van der Waals surface area contributed by atoms with Crippen molar-refractivity contribution in [2.24, 2.45) is 0 Å². The van der Waals surface area contributed by atoms with Gasteiger partial charge < -0.3 is 15.5 Å². The number of aliphatic hydroxyl groups excluding tert-OH is 1. The topological polar surface area (TPSA) is 176 Å². The van der Waals surface area contributed by atoms with E-state index >= 15 is 0 Å². The molecule has 0 radical (unpaired) electrons. The van der Waals surface area contributed by atoms with Crippen molar-refractivity contribution in [2.45, 2.75) is 28.9 Å². The van der Waals surface area contributed by atoms with Crippen molar-refractivity contribution in [1.82, 2.24) is 40.6 Å². The number of hydrogen-bond donors (Lipinski definition) is 3. The van der Waals surface area contributed by atoms with Crippen molar-refractivity contribution in [1.29, 1.82) is 0 Å². The van der Waals surface area contributed by atoms with E-state index in [1.54, 1.807) is 0 Å². The molecule has 0 spiro atoms. The smallest absolute Gasteiger partial charge is 0.352 e. The van der Waals surface area contributed by atoms with E-state index in [9.17, 15) is 19.5 Å². The van der Waals surface area contributed by atoms with Crippen molar-refractivity contribution in [3.05, 3.63) is 22.6 Å². The van der Waals surface area contributed by atoms with Gasteiger partial charge in [-0.25, -0.2) is 9.48 Å². The average Bonchev–Trinajstić information content (AvgIpc) is 3.41. The number of aromatic nitrogens is 6. The number of thioether (sulfide) groups is 2. The Bertz CT molecular complexity index is 1010. The highest BCUT2D eigenvalue weighted by Crippen LogP contribution is 2.41. The van der Waals surface area contributed by atoms with Gasteiger partial charge in [0.1, 0.15) is 35.0 Å². The Balaban J connectivity index is 1.43. The van der Waals surface area contributed by atoms with E-state index < -0.39 is 29.2 Å². The molecule has 0 aromatic carbocycles. The first-order valence-electron chi connectivity index (χ1n) is 8.44. The van der Waals surface area contributed by atoms with Gasteiger partial charge in [-0.2, -0.15) is 0 Å². The summed E-state index contributed by atoms with van der Waals surface area (Å²) in [6, 6.07) is -0.808. The number of rotatable bonds is 8. The standard InChI is InChI=1S/C14H14N8O5S3/c23-2-8-17-18-14(30-8)29-4-6-3-28-12-9(11(25)22(12)10(6)13(26)27)16-7(24)1-21-5-15-19-20-21/h5,9,12,23H,1-4H2,(H,16,24)(H,26,27)/t9?,12-/m1/s1. The minimum atomic E-state index is -1.20. The molecule has 0 aliphatic carbocycles. The van der Waals surface area contributed by atoms with Gasteiger partial charge >= 0.3 is 5.97 Å². The fourth-order valence-corrected chi connectivity index (χ4v) is 6.16. The van der Waals surface area contributed by atoms with Gasteiger partial charge in [-0.15, -0.1) is 27.1 Å². The van der Waals surface area contributed by atoms with Crippen LogP contribution in [-0.4, -0.2) is 86.2 Å². The zero-order valence-corrected chi connectivity index (χ0v) is 17.5. The fraction of sp³-hybridized carbons (Fsp3) is 0.429. The van der Waals surface area contributed by atoms with Gasteiger partial charge in [-0.1, -0.05) is 23.1 Å². The number of hydrogen-bond acceptors (Lipinski definition) is 12. The number of tetrazole rings is 1. The summed E-state index contributed by atoms with van der Waals surface area (Å²) < 4.78 is 1.82. The van der Waals surface area contributed by atoms with E-state index in [4.69, 9.17) is 5.11 Å². The van der Waals surface area contributed by atoms with Gasteiger partial charge in [0, 0.05) is 11.5 Å². The molecule has 2 aliphatic rings. The fourth-order valence-electron chi connectivity index (χ4n) is 2.92. The van der Waals surface area contributed by atoms with E-state index in [0.717, 1.165) is 0 Å². The van der Waals surface area contributed by atoms with Crippen LogP contribution in [0.4, 0.5) is 0 Å². The molecular formula is C14H14N8O5S3. The summed E-state index contributed by atoms with van der Waals surface area (Å²) in [5.41, 5.74) is 0.524. The second-order valence-corrected chi connectivity index (χ2v) is 9.52. The first kappa shape index (κ1) is 20.7. The van der Waals surface area contributed by atoms with Gasteiger partial charge in [0.05, 0.1) is 6.61 Å². The molecule has 13 nitrogen and oxygen atoms in total. The van der Waals surface area contributed by atoms with Crippen LogP contribution >= 0.6 is 34.9 Å². The SMILES string of the molecule is O=C(Cn1cnnn1)NC1C(=O)N2C(C(=O)O)=C(CSc3nnc(CO)s3)CS[C@H]12. The van der Waals surface area contributed by atoms with Crippen LogP contribution in [0.3, 0.4) is 0 Å². The number of carboxylic acid groups (broad SMARTS) is 1. The Hall–Kier alpha value is -2.56. The maximum Gasteiger partial charge on any atom is 0.352 e. The molecule has 2 aromatic heterocycles. The van der Waals surface area contributed by atoms with Crippen molar-refractivity contribution in [3.8, 4) is 0 Å². The van der Waals surface area contributed by atoms with E-state index in [2.05, 4.69) is 31.0 Å². The lowest BCUT2D eigenvalue weighted by atomic mass is 10.0. The second-order valence-electron chi connectivity index (χ2n) is 6.13. The molecule has 1 unspecified atom stereocenters. The first-order chi connectivity index (χ1) is 14.5. The Kier molecular flexibility index (Phi) is 5.98. The third kappa shape index (κ3) is 4.03. The van der Waals surface area contributed by atoms with Gasteiger partial charge in [0.2, 0.25) is 5.91 Å². The largest absolute Gasteiger partial charge is 0.477 e. The van der Waals surface area contributed by atoms with E-state index in [0.29, 0.717) is 26.4 Å². The Morgan fingerprint density at radius 1 is 1.37 bits per heavy atom. The third-order valence-electron chi connectivity index (χ3n) is 4.22. The van der Waals surface area contributed by atoms with E-state index in [1.807, 2.05) is 0 Å². The van der Waals surface area contributed by atoms with Crippen LogP contribution in [0.15, 0.2) is 21.9 Å². The summed E-state index contributed by atoms with van der Waals surface area (Å²) in [5.74, 6) is -1.40. The molecule has 158 valence electrons. The highest BCUT2D eigenvalue weighted by molar-refractivity contribution is 8.01. The van der Waals surface area contributed by atoms with Gasteiger partial charge in [0.25, 0.3) is 5.91 Å². The minimum Gasteiger partial charge on any atom is -0.477 e. The highest BCUT2D eigenvalue weighted by Gasteiger charge is 2.54. The van der Waals surface area contributed by atoms with Crippen LogP contribution in [0.5, 0.6) is 0 Å². The summed E-state index contributed by atoms with van der Waals surface area (Å²) in [6.07, 6.45) is 1.28. The lowest BCUT2D eigenvalue weighted by Gasteiger charge is -2.49. The Labute approximate surface area is 180 Å². The molecule has 2 atom stereocenters. The predicted octanol–water partition coefficient (Wildman–Crippen LogP) is -1.45. The molecule has 3 N–H and O–H groups in total. The molecule has 2 aromatic rings. The zero-order chi connectivity index (χ0) is 21.3. The van der Waals surface area contributed by atoms with Crippen LogP contribution in [0.25, 0.3) is 0 Å². The lowest BCUT2D eigenvalue weighted by molar-refractivity contribution is -0.150. The molecule has 1 saturated heterocycles. The highest BCUT2D eigenvalue weighted by atomic mass is 32.2. The predicted molar refractivity (Wildman–Crippen MR) is 104 cm³/mol. The quantitative estimate of drug-likeness (QED) is 0.302. The number of nitrogens with one attached hydrogen (secondary N) is 1. The maximum absolute atomic E-state index is 12.6. The molecule has 0 saturated carbocycles. The molecule has 16 heteroatoms. The zero-order valence-electron chi connectivity index (χ0n) is 15.0. The minimum absolute atomic E-state index is 0.0610. The van der Waals surface area contributed by atoms with Crippen molar-refractivity contribution in [2.75, 3.05) is 11.5 Å². The summed E-state index contributed by atoms with van der Waals surface area (Å²) in [7, 11) is 0. The summed E-state index contributed by atoms with van der Waals surface area (Å²) in [6.45, 7) is -0.350. The third-order valence-corrected chi connectivity index (χ3v) is 7.68. The van der Waals surface area contributed by atoms with Gasteiger partial charge in [-0.05, 0) is 16.0 Å². The lowest BCUT2D eigenvalue weighted by Crippen LogP contribution is -2.70. The van der Waals surface area contributed by atoms with Crippen molar-refractivity contribution in [3.63, 3.8) is 0 Å². The van der Waals surface area contributed by atoms with Crippen molar-refractivity contribution >= 4 is 52.6 Å². The van der Waals surface area contributed by atoms with Crippen LogP contribution in [0, 0.1) is 0 Å². The summed E-state index contributed by atoms with van der Waals surface area (Å²) in [5, 5.41) is 39.5. The normalized spacial score (nSPS) is 20.7.